The first-order valence-electron chi connectivity index (χ1n) is 15.0. The summed E-state index contributed by atoms with van der Waals surface area (Å²) in [4.78, 5) is 25.0. The second-order valence-electron chi connectivity index (χ2n) is 12.8. The highest BCUT2D eigenvalue weighted by molar-refractivity contribution is 6.00. The van der Waals surface area contributed by atoms with Crippen LogP contribution in [-0.4, -0.2) is 75.0 Å². The molecular formula is C32H39FN6O3. The molecule has 0 bridgehead atoms. The van der Waals surface area contributed by atoms with Crippen molar-refractivity contribution >= 4 is 28.0 Å². The molecule has 3 fully saturated rings. The number of halogens is 1. The predicted octanol–water partition coefficient (Wildman–Crippen LogP) is 4.80. The zero-order valence-electron chi connectivity index (χ0n) is 24.6. The molecule has 0 spiro atoms. The number of rotatable bonds is 8. The number of hydrogen-bond donors (Lipinski definition) is 1. The summed E-state index contributed by atoms with van der Waals surface area (Å²) < 4.78 is 30.6. The molecule has 9 nitrogen and oxygen atoms in total. The third-order valence-corrected chi connectivity index (χ3v) is 9.39. The van der Waals surface area contributed by atoms with E-state index in [0.717, 1.165) is 54.0 Å². The molecule has 2 saturated carbocycles. The fourth-order valence-electron chi connectivity index (χ4n) is 7.04. The second-order valence-corrected chi connectivity index (χ2v) is 12.8. The van der Waals surface area contributed by atoms with Gasteiger partial charge in [-0.05, 0) is 81.2 Å². The number of nitrogens with zero attached hydrogens (tertiary/aromatic N) is 5. The Balaban J connectivity index is 1.37. The summed E-state index contributed by atoms with van der Waals surface area (Å²) in [6.07, 6.45) is 5.33. The average molecular weight is 575 g/mol. The quantitative estimate of drug-likeness (QED) is 0.325. The first-order valence-corrected chi connectivity index (χ1v) is 15.0. The lowest BCUT2D eigenvalue weighted by Gasteiger charge is -2.44. The summed E-state index contributed by atoms with van der Waals surface area (Å²) >= 11 is 0. The molecule has 42 heavy (non-hydrogen) atoms. The number of piperidine rings is 1. The van der Waals surface area contributed by atoms with E-state index in [0.29, 0.717) is 35.2 Å². The van der Waals surface area contributed by atoms with Crippen molar-refractivity contribution in [3.05, 3.63) is 42.1 Å². The number of methoxy groups -OCH3 is 2. The summed E-state index contributed by atoms with van der Waals surface area (Å²) in [5.74, 6) is 2.20. The van der Waals surface area contributed by atoms with Gasteiger partial charge in [-0.15, -0.1) is 0 Å². The average Bonchev–Trinajstić information content (AvgIpc) is 3.61. The SMILES string of the molecule is COc1cc(C(=O)N2C[C@H](N)C[C@@H](F)C2)cc2nc(-c3cc4cccnc4n3CC3CC3)n(CC3CC(C)(OC)C3)c12. The van der Waals surface area contributed by atoms with Crippen LogP contribution >= 0.6 is 0 Å². The number of aromatic nitrogens is 4. The molecule has 3 aliphatic rings. The van der Waals surface area contributed by atoms with E-state index in [1.54, 1.807) is 20.3 Å². The Kier molecular flexibility index (Phi) is 6.73. The zero-order chi connectivity index (χ0) is 29.2. The maximum absolute atomic E-state index is 14.3. The highest BCUT2D eigenvalue weighted by atomic mass is 19.1. The minimum absolute atomic E-state index is 0.0425. The molecule has 4 aromatic rings. The fourth-order valence-corrected chi connectivity index (χ4v) is 7.04. The highest BCUT2D eigenvalue weighted by Gasteiger charge is 2.41. The van der Waals surface area contributed by atoms with E-state index in [9.17, 15) is 9.18 Å². The van der Waals surface area contributed by atoms with Gasteiger partial charge >= 0.3 is 0 Å². The Morgan fingerprint density at radius 2 is 1.90 bits per heavy atom. The summed E-state index contributed by atoms with van der Waals surface area (Å²) in [6, 6.07) is 9.44. The van der Waals surface area contributed by atoms with Crippen LogP contribution in [0.2, 0.25) is 0 Å². The number of imidazole rings is 1. The largest absolute Gasteiger partial charge is 0.494 e. The number of pyridine rings is 1. The molecule has 2 N–H and O–H groups in total. The predicted molar refractivity (Wildman–Crippen MR) is 159 cm³/mol. The van der Waals surface area contributed by atoms with Crippen LogP contribution in [0.15, 0.2) is 36.5 Å². The standard InChI is InChI=1S/C32H39FN6O3/c1-32(42-3)13-20(14-32)16-39-28-25(9-22(11-27(28)41-2)31(40)37-17-23(33)12-24(34)18-37)36-30(39)26-10-21-5-4-8-35-29(21)38(26)15-19-6-7-19/h4-5,8-11,19-20,23-24H,6-7,12-18,34H2,1-3H3/t20?,23-,24-,32?/m1/s1. The Morgan fingerprint density at radius 1 is 1.12 bits per heavy atom. The van der Waals surface area contributed by atoms with E-state index in [-0.39, 0.29) is 30.5 Å². The molecule has 4 heterocycles. The van der Waals surface area contributed by atoms with Crippen LogP contribution in [0.5, 0.6) is 5.75 Å². The van der Waals surface area contributed by atoms with E-state index in [4.69, 9.17) is 25.2 Å². The number of fused-ring (bicyclic) bond motifs is 2. The van der Waals surface area contributed by atoms with E-state index < -0.39 is 6.17 Å². The highest BCUT2D eigenvalue weighted by Crippen LogP contribution is 2.44. The molecule has 0 radical (unpaired) electrons. The lowest BCUT2D eigenvalue weighted by atomic mass is 9.72. The van der Waals surface area contributed by atoms with Crippen molar-refractivity contribution in [3.63, 3.8) is 0 Å². The summed E-state index contributed by atoms with van der Waals surface area (Å²) in [5, 5.41) is 1.08. The molecule has 0 unspecified atom stereocenters. The number of carbonyl (C=O) groups excluding carboxylic acids is 1. The molecule has 222 valence electrons. The molecule has 1 aromatic carbocycles. The van der Waals surface area contributed by atoms with Crippen LogP contribution < -0.4 is 10.5 Å². The number of carbonyl (C=O) groups is 1. The fraction of sp³-hybridized carbons (Fsp3) is 0.531. The van der Waals surface area contributed by atoms with E-state index in [1.165, 1.54) is 17.7 Å². The molecule has 1 saturated heterocycles. The van der Waals surface area contributed by atoms with E-state index in [1.807, 2.05) is 18.3 Å². The summed E-state index contributed by atoms with van der Waals surface area (Å²) in [5.41, 5.74) is 9.86. The molecule has 1 amide bonds. The van der Waals surface area contributed by atoms with Gasteiger partial charge in [0.1, 0.15) is 23.1 Å². The number of likely N-dealkylation sites (tertiary alicyclic amines) is 1. The number of hydrogen-bond acceptors (Lipinski definition) is 6. The van der Waals surface area contributed by atoms with Crippen molar-refractivity contribution in [1.82, 2.24) is 24.0 Å². The maximum atomic E-state index is 14.3. The first-order chi connectivity index (χ1) is 20.2. The minimum atomic E-state index is -1.13. The second kappa shape index (κ2) is 10.3. The van der Waals surface area contributed by atoms with Crippen molar-refractivity contribution in [1.29, 1.82) is 0 Å². The maximum Gasteiger partial charge on any atom is 0.254 e. The number of benzene rings is 1. The first kappa shape index (κ1) is 27.3. The summed E-state index contributed by atoms with van der Waals surface area (Å²) in [6.45, 7) is 4.17. The number of ether oxygens (including phenoxy) is 2. The van der Waals surface area contributed by atoms with Crippen molar-refractivity contribution in [2.45, 2.75) is 69.9 Å². The molecule has 7 rings (SSSR count). The molecule has 2 aliphatic carbocycles. The van der Waals surface area contributed by atoms with Gasteiger partial charge in [0.2, 0.25) is 0 Å². The van der Waals surface area contributed by atoms with Gasteiger partial charge in [-0.1, -0.05) is 0 Å². The van der Waals surface area contributed by atoms with Crippen LogP contribution in [0.1, 0.15) is 49.4 Å². The van der Waals surface area contributed by atoms with E-state index >= 15 is 0 Å². The van der Waals surface area contributed by atoms with Crippen LogP contribution in [0, 0.1) is 11.8 Å². The lowest BCUT2D eigenvalue weighted by Crippen LogP contribution is -2.50. The van der Waals surface area contributed by atoms with Crippen molar-refractivity contribution < 1.29 is 18.7 Å². The smallest absolute Gasteiger partial charge is 0.254 e. The number of alkyl halides is 1. The van der Waals surface area contributed by atoms with Gasteiger partial charge in [0.25, 0.3) is 5.91 Å². The molecule has 10 heteroatoms. The lowest BCUT2D eigenvalue weighted by molar-refractivity contribution is -0.0937. The molecule has 1 aliphatic heterocycles. The van der Waals surface area contributed by atoms with E-state index in [2.05, 4.69) is 28.2 Å². The third kappa shape index (κ3) is 4.84. The molecular weight excluding hydrogens is 535 g/mol. The van der Waals surface area contributed by atoms with Crippen molar-refractivity contribution in [2.24, 2.45) is 17.6 Å². The van der Waals surface area contributed by atoms with Crippen molar-refractivity contribution in [3.8, 4) is 17.3 Å². The van der Waals surface area contributed by atoms with Crippen molar-refractivity contribution in [2.75, 3.05) is 27.3 Å². The van der Waals surface area contributed by atoms with Gasteiger partial charge in [0, 0.05) is 49.9 Å². The third-order valence-electron chi connectivity index (χ3n) is 9.39. The number of nitrogens with two attached hydrogens (primary N) is 1. The zero-order valence-corrected chi connectivity index (χ0v) is 24.6. The Morgan fingerprint density at radius 3 is 2.62 bits per heavy atom. The Hall–Kier alpha value is -3.50. The van der Waals surface area contributed by atoms with Crippen LogP contribution in [0.4, 0.5) is 4.39 Å². The Labute approximate surface area is 244 Å². The van der Waals surface area contributed by atoms with Gasteiger partial charge in [-0.25, -0.2) is 14.4 Å². The molecule has 2 atom stereocenters. The number of amides is 1. The van der Waals surface area contributed by atoms with Gasteiger partial charge < -0.3 is 29.2 Å². The topological polar surface area (TPSA) is 100 Å². The minimum Gasteiger partial charge on any atom is -0.494 e. The van der Waals surface area contributed by atoms with Gasteiger partial charge in [-0.3, -0.25) is 4.79 Å². The van der Waals surface area contributed by atoms with Gasteiger partial charge in [0.15, 0.2) is 5.82 Å². The van der Waals surface area contributed by atoms with Gasteiger partial charge in [-0.2, -0.15) is 0 Å². The molecule has 3 aromatic heterocycles. The van der Waals surface area contributed by atoms with Crippen LogP contribution in [0.3, 0.4) is 0 Å². The summed E-state index contributed by atoms with van der Waals surface area (Å²) in [7, 11) is 3.40. The Bertz CT molecular complexity index is 1640. The normalized spacial score (nSPS) is 26.1. The van der Waals surface area contributed by atoms with Crippen LogP contribution in [-0.2, 0) is 17.8 Å². The van der Waals surface area contributed by atoms with Crippen LogP contribution in [0.25, 0.3) is 33.6 Å². The monoisotopic (exact) mass is 574 g/mol. The van der Waals surface area contributed by atoms with Gasteiger partial charge in [0.05, 0.1) is 30.5 Å².